The second-order valence-corrected chi connectivity index (χ2v) is 15.2. The van der Waals surface area contributed by atoms with Gasteiger partial charge in [0.15, 0.2) is 0 Å². The van der Waals surface area contributed by atoms with Crippen LogP contribution in [0, 0.1) is 6.92 Å². The van der Waals surface area contributed by atoms with Crippen LogP contribution in [0.5, 0.6) is 17.2 Å². The van der Waals surface area contributed by atoms with E-state index in [-0.39, 0.29) is 70.6 Å². The van der Waals surface area contributed by atoms with Crippen molar-refractivity contribution in [2.75, 3.05) is 26.2 Å². The van der Waals surface area contributed by atoms with Gasteiger partial charge in [0.2, 0.25) is 12.6 Å². The Morgan fingerprint density at radius 3 is 1.72 bits per heavy atom. The van der Waals surface area contributed by atoms with Gasteiger partial charge in [0.05, 0.1) is 17.6 Å². The quantitative estimate of drug-likeness (QED) is 0.0683. The number of carboxylic acids is 2. The normalized spacial score (nSPS) is 28.2. The smallest absolute Gasteiger partial charge is 0.547 e. The van der Waals surface area contributed by atoms with Crippen molar-refractivity contribution in [3.8, 4) is 28.5 Å². The van der Waals surface area contributed by atoms with Crippen molar-refractivity contribution in [2.24, 2.45) is 0 Å². The number of hydrogen-bond donors (Lipinski definition) is 6. The van der Waals surface area contributed by atoms with Crippen molar-refractivity contribution in [1.82, 2.24) is 9.47 Å². The molecule has 0 amide bonds. The van der Waals surface area contributed by atoms with Gasteiger partial charge in [-0.3, -0.25) is 4.90 Å². The van der Waals surface area contributed by atoms with Gasteiger partial charge in [-0.15, -0.1) is 0 Å². The van der Waals surface area contributed by atoms with Gasteiger partial charge in [0.25, 0.3) is 0 Å². The van der Waals surface area contributed by atoms with Crippen molar-refractivity contribution in [1.29, 1.82) is 0 Å². The van der Waals surface area contributed by atoms with Crippen molar-refractivity contribution >= 4 is 22.8 Å². The second kappa shape index (κ2) is 21.7. The van der Waals surface area contributed by atoms with Crippen molar-refractivity contribution in [3.05, 3.63) is 77.9 Å². The Kier molecular flexibility index (Phi) is 17.5. The predicted molar refractivity (Wildman–Crippen MR) is 203 cm³/mol. The summed E-state index contributed by atoms with van der Waals surface area (Å²) in [4.78, 5) is 25.5. The SMILES string of the molecule is Cc1c(-c2ccc(O[C@@H]3O[C@H](C(=O)[O-])[C@@H](O)[C@H](O)[C@H]3O)cc2)n(Cc2ccc(OCCN3CCCCCC3)cc2)c2ccc(O[C@@H]3O[C@H](C(=O)[O-])[C@@H](O)[C@H](O)[C@H]3O)cc12.[Na+].[Na+]. The molecule has 3 saturated heterocycles. The molecular formula is C42H48N2Na2O15. The number of carbonyl (C=O) groups excluding carboxylic acids is 2. The summed E-state index contributed by atoms with van der Waals surface area (Å²) in [7, 11) is 0. The number of fused-ring (bicyclic) bond motifs is 1. The van der Waals surface area contributed by atoms with E-state index in [0.29, 0.717) is 18.5 Å². The van der Waals surface area contributed by atoms with Crippen molar-refractivity contribution in [3.63, 3.8) is 0 Å². The topological polar surface area (TPSA) is 256 Å². The third-order valence-electron chi connectivity index (χ3n) is 11.2. The number of nitrogens with zero attached hydrogens (tertiary/aromatic N) is 2. The number of ether oxygens (including phenoxy) is 5. The Balaban J connectivity index is 0.00000352. The van der Waals surface area contributed by atoms with Crippen LogP contribution in [-0.2, 0) is 25.6 Å². The summed E-state index contributed by atoms with van der Waals surface area (Å²) in [6.07, 6.45) is -13.4. The van der Waals surface area contributed by atoms with Crippen LogP contribution in [0.4, 0.5) is 0 Å². The zero-order valence-corrected chi connectivity index (χ0v) is 38.2. The molecule has 3 aliphatic rings. The largest absolute Gasteiger partial charge is 1.00 e. The number of rotatable bonds is 13. The number of carbonyl (C=O) groups is 2. The van der Waals surface area contributed by atoms with E-state index in [1.165, 1.54) is 25.7 Å². The second-order valence-electron chi connectivity index (χ2n) is 15.2. The maximum atomic E-state index is 11.6. The summed E-state index contributed by atoms with van der Waals surface area (Å²) in [5.74, 6) is -2.48. The summed E-state index contributed by atoms with van der Waals surface area (Å²) in [5, 5.41) is 85.4. The molecule has 4 aromatic rings. The Bertz CT molecular complexity index is 2080. The van der Waals surface area contributed by atoms with E-state index in [4.69, 9.17) is 23.7 Å². The van der Waals surface area contributed by atoms with E-state index >= 15 is 0 Å². The molecule has 0 bridgehead atoms. The zero-order valence-electron chi connectivity index (χ0n) is 34.2. The van der Waals surface area contributed by atoms with Crippen LogP contribution in [0.1, 0.15) is 36.8 Å². The van der Waals surface area contributed by atoms with Gasteiger partial charge in [-0.1, -0.05) is 25.0 Å². The maximum absolute atomic E-state index is 11.6. The number of aliphatic hydroxyl groups excluding tert-OH is 6. The van der Waals surface area contributed by atoms with Gasteiger partial charge in [-0.25, -0.2) is 0 Å². The van der Waals surface area contributed by atoms with E-state index in [9.17, 15) is 50.4 Å². The maximum Gasteiger partial charge on any atom is 1.00 e. The monoisotopic (exact) mass is 866 g/mol. The average Bonchev–Trinajstić information content (AvgIpc) is 3.34. The molecule has 0 radical (unpaired) electrons. The molecule has 1 aromatic heterocycles. The fourth-order valence-corrected chi connectivity index (χ4v) is 7.88. The molecule has 0 aliphatic carbocycles. The Hall–Kier alpha value is -2.82. The molecule has 6 N–H and O–H groups in total. The van der Waals surface area contributed by atoms with E-state index < -0.39 is 73.4 Å². The first kappa shape index (κ1) is 49.2. The minimum atomic E-state index is -1.94. The van der Waals surface area contributed by atoms with Gasteiger partial charge < -0.3 is 78.7 Å². The van der Waals surface area contributed by atoms with Gasteiger partial charge in [0.1, 0.15) is 72.7 Å². The molecular weight excluding hydrogens is 818 g/mol. The van der Waals surface area contributed by atoms with Gasteiger partial charge in [-0.05, 0) is 104 Å². The number of aliphatic carboxylic acids is 2. The first-order valence-corrected chi connectivity index (χ1v) is 19.6. The number of carboxylic acid groups (broad SMARTS) is 2. The van der Waals surface area contributed by atoms with Crippen molar-refractivity contribution in [2.45, 2.75) is 101 Å². The summed E-state index contributed by atoms with van der Waals surface area (Å²) >= 11 is 0. The molecule has 0 spiro atoms. The predicted octanol–water partition coefficient (Wildman–Crippen LogP) is -7.20. The molecule has 19 heteroatoms. The van der Waals surface area contributed by atoms with Gasteiger partial charge in [0, 0.05) is 24.0 Å². The van der Waals surface area contributed by atoms with Crippen LogP contribution < -0.4 is 83.5 Å². The molecule has 4 heterocycles. The van der Waals surface area contributed by atoms with Crippen LogP contribution in [0.15, 0.2) is 66.7 Å². The third kappa shape index (κ3) is 11.1. The number of likely N-dealkylation sites (tertiary alicyclic amines) is 1. The number of aromatic nitrogens is 1. The van der Waals surface area contributed by atoms with Gasteiger partial charge >= 0.3 is 59.1 Å². The number of hydrogen-bond acceptors (Lipinski definition) is 16. The molecule has 0 saturated carbocycles. The fraction of sp³-hybridized carbons (Fsp3) is 0.476. The molecule has 318 valence electrons. The third-order valence-corrected chi connectivity index (χ3v) is 11.2. The van der Waals surface area contributed by atoms with Crippen LogP contribution in [0.2, 0.25) is 0 Å². The molecule has 3 aliphatic heterocycles. The van der Waals surface area contributed by atoms with Crippen LogP contribution in [0.25, 0.3) is 22.2 Å². The molecule has 61 heavy (non-hydrogen) atoms. The number of benzene rings is 3. The first-order chi connectivity index (χ1) is 28.3. The van der Waals surface area contributed by atoms with E-state index in [1.807, 2.05) is 31.2 Å². The van der Waals surface area contributed by atoms with E-state index in [2.05, 4.69) is 9.47 Å². The Morgan fingerprint density at radius 2 is 1.18 bits per heavy atom. The molecule has 10 atom stereocenters. The number of aryl methyl sites for hydroxylation is 1. The van der Waals surface area contributed by atoms with Crippen molar-refractivity contribution < 1.29 is 133 Å². The minimum Gasteiger partial charge on any atom is -0.547 e. The number of aliphatic hydroxyl groups is 6. The molecule has 3 aromatic carbocycles. The van der Waals surface area contributed by atoms with Crippen LogP contribution in [-0.4, -0.2) is 140 Å². The molecule has 7 rings (SSSR count). The van der Waals surface area contributed by atoms with E-state index in [0.717, 1.165) is 53.3 Å². The molecule has 0 unspecified atom stereocenters. The Morgan fingerprint density at radius 1 is 0.672 bits per heavy atom. The zero-order chi connectivity index (χ0) is 42.0. The van der Waals surface area contributed by atoms with Crippen LogP contribution >= 0.6 is 0 Å². The first-order valence-electron chi connectivity index (χ1n) is 19.6. The summed E-state index contributed by atoms with van der Waals surface area (Å²) in [5.41, 5.74) is 4.01. The Labute approximate surface area is 395 Å². The van der Waals surface area contributed by atoms with Gasteiger partial charge in [-0.2, -0.15) is 0 Å². The van der Waals surface area contributed by atoms with Crippen LogP contribution in [0.3, 0.4) is 0 Å². The summed E-state index contributed by atoms with van der Waals surface area (Å²) in [6.45, 7) is 5.91. The molecule has 3 fully saturated rings. The summed E-state index contributed by atoms with van der Waals surface area (Å²) < 4.78 is 30.2. The minimum absolute atomic E-state index is 0. The average molecular weight is 867 g/mol. The molecule has 17 nitrogen and oxygen atoms in total. The van der Waals surface area contributed by atoms with E-state index in [1.54, 1.807) is 42.5 Å². The fourth-order valence-electron chi connectivity index (χ4n) is 7.88. The standard InChI is InChI=1S/C42H50N2O15.2Na/c1-22-28-20-27(57-42-36(50)32(46)34(48)38(59-42)40(53)54)14-15-29(28)44(21-23-6-10-25(11-7-23)55-19-18-43-16-4-2-3-5-17-43)30(22)24-8-12-26(13-9-24)56-41-35(49)31(45)33(47)37(58-41)39(51)52;;/h6-15,20,31-38,41-42,45-50H,2-5,16-19,21H2,1H3,(H,51,52)(H,53,54);;/q;2*+1/p-2/t31-,32-,33-,34-,35+,36+,37-,38-,41+,42+;;/m0../s1. The summed E-state index contributed by atoms with van der Waals surface area (Å²) in [6, 6.07) is 19.5.